The predicted molar refractivity (Wildman–Crippen MR) is 107 cm³/mol. The van der Waals surface area contributed by atoms with Gasteiger partial charge in [-0.2, -0.15) is 0 Å². The van der Waals surface area contributed by atoms with Crippen LogP contribution in [0.5, 0.6) is 0 Å². The molecule has 3 rings (SSSR count). The lowest BCUT2D eigenvalue weighted by Crippen LogP contribution is -2.22. The van der Waals surface area contributed by atoms with E-state index in [0.717, 1.165) is 24.0 Å². The highest BCUT2D eigenvalue weighted by Crippen LogP contribution is 2.30. The molecule has 1 N–H and O–H groups in total. The molecule has 0 heterocycles. The second-order valence-corrected chi connectivity index (χ2v) is 8.25. The Morgan fingerprint density at radius 1 is 1.08 bits per heavy atom. The third-order valence-corrected chi connectivity index (χ3v) is 5.87. The molecule has 1 aliphatic carbocycles. The monoisotopic (exact) mass is 367 g/mol. The number of carbonyl (C=O) groups is 2. The van der Waals surface area contributed by atoms with Gasteiger partial charge in [0.1, 0.15) is 0 Å². The van der Waals surface area contributed by atoms with Crippen molar-refractivity contribution in [2.75, 3.05) is 6.54 Å². The molecule has 2 aromatic carbocycles. The summed E-state index contributed by atoms with van der Waals surface area (Å²) < 4.78 is 0. The van der Waals surface area contributed by atoms with Gasteiger partial charge in [0.2, 0.25) is 5.91 Å². The zero-order valence-corrected chi connectivity index (χ0v) is 16.2. The fourth-order valence-corrected chi connectivity index (χ4v) is 4.34. The number of nitrogens with one attached hydrogen (secondary N) is 1. The van der Waals surface area contributed by atoms with E-state index in [0.29, 0.717) is 6.54 Å². The molecule has 2 aromatic rings. The fourth-order valence-electron chi connectivity index (χ4n) is 3.33. The van der Waals surface area contributed by atoms with Crippen LogP contribution in [0.4, 0.5) is 0 Å². The Morgan fingerprint density at radius 2 is 1.81 bits per heavy atom. The number of hydrogen-bond donors (Lipinski definition) is 1. The highest BCUT2D eigenvalue weighted by molar-refractivity contribution is 8.00. The number of amides is 1. The van der Waals surface area contributed by atoms with E-state index in [2.05, 4.69) is 23.5 Å². The van der Waals surface area contributed by atoms with E-state index in [9.17, 15) is 9.59 Å². The van der Waals surface area contributed by atoms with Crippen molar-refractivity contribution in [2.45, 2.75) is 49.7 Å². The van der Waals surface area contributed by atoms with Gasteiger partial charge in [0.25, 0.3) is 0 Å². The van der Waals surface area contributed by atoms with Crippen LogP contribution in [0.15, 0.2) is 47.4 Å². The molecule has 136 valence electrons. The lowest BCUT2D eigenvalue weighted by atomic mass is 10.0. The highest BCUT2D eigenvalue weighted by atomic mass is 32.2. The third-order valence-electron chi connectivity index (χ3n) is 4.78. The normalized spacial score (nSPS) is 13.9. The highest BCUT2D eigenvalue weighted by Gasteiger charge is 2.18. The van der Waals surface area contributed by atoms with E-state index in [1.165, 1.54) is 35.8 Å². The summed E-state index contributed by atoms with van der Waals surface area (Å²) >= 11 is 1.64. The van der Waals surface area contributed by atoms with Gasteiger partial charge in [-0.3, -0.25) is 9.59 Å². The maximum atomic E-state index is 12.7. The summed E-state index contributed by atoms with van der Waals surface area (Å²) in [5, 5.41) is 2.67. The first-order valence-electron chi connectivity index (χ1n) is 9.19. The van der Waals surface area contributed by atoms with Gasteiger partial charge in [0, 0.05) is 23.9 Å². The minimum absolute atomic E-state index is 0.0193. The third kappa shape index (κ3) is 4.76. The number of ketones is 1. The van der Waals surface area contributed by atoms with Crippen molar-refractivity contribution in [1.29, 1.82) is 0 Å². The lowest BCUT2D eigenvalue weighted by molar-refractivity contribution is -0.118. The zero-order chi connectivity index (χ0) is 18.5. The molecule has 26 heavy (non-hydrogen) atoms. The Bertz CT molecular complexity index is 798. The van der Waals surface area contributed by atoms with Crippen molar-refractivity contribution in [2.24, 2.45) is 0 Å². The summed E-state index contributed by atoms with van der Waals surface area (Å²) in [5.74, 6) is 0.137. The molecule has 1 amide bonds. The van der Waals surface area contributed by atoms with Gasteiger partial charge < -0.3 is 5.32 Å². The van der Waals surface area contributed by atoms with Crippen molar-refractivity contribution in [3.8, 4) is 0 Å². The van der Waals surface area contributed by atoms with Gasteiger partial charge in [0.05, 0.1) is 5.25 Å². The number of aryl methyl sites for hydroxylation is 2. The van der Waals surface area contributed by atoms with Crippen molar-refractivity contribution in [3.05, 3.63) is 64.7 Å². The van der Waals surface area contributed by atoms with Crippen LogP contribution in [-0.2, 0) is 24.1 Å². The topological polar surface area (TPSA) is 46.2 Å². The SMILES string of the molecule is CC(=O)NCCc1ccc(C(=O)C(C)Sc2ccc3c(c2)CCC3)cc1. The molecule has 3 nitrogen and oxygen atoms in total. The Morgan fingerprint density at radius 3 is 2.54 bits per heavy atom. The van der Waals surface area contributed by atoms with Crippen LogP contribution >= 0.6 is 11.8 Å². The van der Waals surface area contributed by atoms with Crippen LogP contribution in [0.1, 0.15) is 47.3 Å². The van der Waals surface area contributed by atoms with Crippen molar-refractivity contribution in [3.63, 3.8) is 0 Å². The number of fused-ring (bicyclic) bond motifs is 1. The molecule has 0 bridgehead atoms. The van der Waals surface area contributed by atoms with Crippen LogP contribution in [0.25, 0.3) is 0 Å². The molecule has 0 saturated heterocycles. The van der Waals surface area contributed by atoms with Crippen molar-refractivity contribution >= 4 is 23.5 Å². The number of benzene rings is 2. The smallest absolute Gasteiger partial charge is 0.216 e. The molecule has 0 radical (unpaired) electrons. The minimum atomic E-state index is -0.111. The zero-order valence-electron chi connectivity index (χ0n) is 15.4. The van der Waals surface area contributed by atoms with Crippen LogP contribution in [0, 0.1) is 0 Å². The predicted octanol–water partition coefficient (Wildman–Crippen LogP) is 4.22. The minimum Gasteiger partial charge on any atom is -0.356 e. The van der Waals surface area contributed by atoms with Gasteiger partial charge in [-0.25, -0.2) is 0 Å². The molecule has 1 aliphatic rings. The second-order valence-electron chi connectivity index (χ2n) is 6.84. The summed E-state index contributed by atoms with van der Waals surface area (Å²) in [6, 6.07) is 14.3. The average Bonchev–Trinajstić information content (AvgIpc) is 3.09. The summed E-state index contributed by atoms with van der Waals surface area (Å²) in [6.45, 7) is 4.11. The van der Waals surface area contributed by atoms with Gasteiger partial charge in [-0.05, 0) is 61.4 Å². The van der Waals surface area contributed by atoms with Crippen LogP contribution in [0.2, 0.25) is 0 Å². The first kappa shape index (κ1) is 18.7. The summed E-state index contributed by atoms with van der Waals surface area (Å²) in [7, 11) is 0. The number of hydrogen-bond acceptors (Lipinski definition) is 3. The molecular formula is C22H25NO2S. The van der Waals surface area contributed by atoms with Crippen molar-refractivity contribution < 1.29 is 9.59 Å². The average molecular weight is 368 g/mol. The van der Waals surface area contributed by atoms with E-state index in [-0.39, 0.29) is 16.9 Å². The Kier molecular flexibility index (Phi) is 6.15. The second kappa shape index (κ2) is 8.54. The lowest BCUT2D eigenvalue weighted by Gasteiger charge is -2.12. The molecule has 0 saturated carbocycles. The van der Waals surface area contributed by atoms with Crippen LogP contribution < -0.4 is 5.32 Å². The molecular weight excluding hydrogens is 342 g/mol. The molecule has 0 spiro atoms. The van der Waals surface area contributed by atoms with Crippen LogP contribution in [-0.4, -0.2) is 23.5 Å². The number of thioether (sulfide) groups is 1. The largest absolute Gasteiger partial charge is 0.356 e. The molecule has 0 fully saturated rings. The number of carbonyl (C=O) groups excluding carboxylic acids is 2. The van der Waals surface area contributed by atoms with Gasteiger partial charge >= 0.3 is 0 Å². The summed E-state index contributed by atoms with van der Waals surface area (Å²) in [5.41, 5.74) is 4.77. The van der Waals surface area contributed by atoms with E-state index >= 15 is 0 Å². The molecule has 0 aromatic heterocycles. The first-order valence-corrected chi connectivity index (χ1v) is 10.1. The number of Topliss-reactive ketones (excluding diaryl/α,β-unsaturated/α-hetero) is 1. The van der Waals surface area contributed by atoms with Gasteiger partial charge in [-0.15, -0.1) is 11.8 Å². The molecule has 1 unspecified atom stereocenters. The Hall–Kier alpha value is -2.07. The van der Waals surface area contributed by atoms with E-state index in [4.69, 9.17) is 0 Å². The maximum absolute atomic E-state index is 12.7. The summed E-state index contributed by atoms with van der Waals surface area (Å²) in [6.07, 6.45) is 4.36. The number of rotatable bonds is 7. The standard InChI is InChI=1S/C22H25NO2S/c1-15(26-21-11-10-18-4-3-5-20(18)14-21)22(25)19-8-6-17(7-9-19)12-13-23-16(2)24/h6-11,14-15H,3-5,12-13H2,1-2H3,(H,23,24). The quantitative estimate of drug-likeness (QED) is 0.589. The fraction of sp³-hybridized carbons (Fsp3) is 0.364. The summed E-state index contributed by atoms with van der Waals surface area (Å²) in [4.78, 5) is 24.8. The van der Waals surface area contributed by atoms with E-state index in [1.54, 1.807) is 11.8 Å². The van der Waals surface area contributed by atoms with Crippen molar-refractivity contribution in [1.82, 2.24) is 5.32 Å². The van der Waals surface area contributed by atoms with Crippen LogP contribution in [0.3, 0.4) is 0 Å². The molecule has 4 heteroatoms. The Balaban J connectivity index is 1.58. The maximum Gasteiger partial charge on any atom is 0.216 e. The molecule has 1 atom stereocenters. The van der Waals surface area contributed by atoms with E-state index in [1.807, 2.05) is 31.2 Å². The van der Waals surface area contributed by atoms with Gasteiger partial charge in [-0.1, -0.05) is 30.3 Å². The first-order chi connectivity index (χ1) is 12.5. The van der Waals surface area contributed by atoms with Gasteiger partial charge in [0.15, 0.2) is 5.78 Å². The van der Waals surface area contributed by atoms with E-state index < -0.39 is 0 Å². The molecule has 0 aliphatic heterocycles. The Labute approximate surface area is 159 Å².